The van der Waals surface area contributed by atoms with Crippen molar-refractivity contribution in [1.29, 1.82) is 0 Å². The highest BCUT2D eigenvalue weighted by Crippen LogP contribution is 2.21. The molecule has 3 rings (SSSR count). The van der Waals surface area contributed by atoms with E-state index in [0.29, 0.717) is 22.3 Å². The summed E-state index contributed by atoms with van der Waals surface area (Å²) >= 11 is 0. The highest BCUT2D eigenvalue weighted by atomic mass is 16.5. The van der Waals surface area contributed by atoms with Crippen molar-refractivity contribution < 1.29 is 9.53 Å². The largest absolute Gasteiger partial charge is 0.497 e. The number of anilines is 1. The van der Waals surface area contributed by atoms with Crippen molar-refractivity contribution >= 4 is 22.5 Å². The number of carbonyl (C=O) groups is 1. The van der Waals surface area contributed by atoms with Crippen LogP contribution in [0.15, 0.2) is 53.3 Å². The van der Waals surface area contributed by atoms with Crippen LogP contribution in [0.5, 0.6) is 5.75 Å². The smallest absolute Gasteiger partial charge is 0.278 e. The third kappa shape index (κ3) is 3.42. The van der Waals surface area contributed by atoms with Gasteiger partial charge in [-0.3, -0.25) is 9.59 Å². The van der Waals surface area contributed by atoms with Gasteiger partial charge >= 0.3 is 0 Å². The molecule has 7 heteroatoms. The first-order valence-corrected chi connectivity index (χ1v) is 8.30. The van der Waals surface area contributed by atoms with E-state index in [-0.39, 0.29) is 17.4 Å². The van der Waals surface area contributed by atoms with Gasteiger partial charge in [-0.25, -0.2) is 0 Å². The number of nitrogens with one attached hydrogen (secondary N) is 1. The second-order valence-corrected chi connectivity index (χ2v) is 6.27. The van der Waals surface area contributed by atoms with Crippen LogP contribution in [0.2, 0.25) is 0 Å². The molecule has 2 aromatic carbocycles. The maximum absolute atomic E-state index is 12.9. The molecule has 1 amide bonds. The lowest BCUT2D eigenvalue weighted by Crippen LogP contribution is -2.38. The van der Waals surface area contributed by atoms with Crippen LogP contribution < -0.4 is 15.6 Å². The minimum atomic E-state index is -0.786. The molecular formula is C19H20N4O3. The maximum Gasteiger partial charge on any atom is 0.278 e. The second kappa shape index (κ2) is 7.35. The van der Waals surface area contributed by atoms with Crippen LogP contribution in [-0.4, -0.2) is 28.0 Å². The fourth-order valence-corrected chi connectivity index (χ4v) is 2.80. The van der Waals surface area contributed by atoms with Crippen molar-refractivity contribution in [3.05, 3.63) is 58.9 Å². The van der Waals surface area contributed by atoms with Crippen LogP contribution in [0, 0.1) is 5.92 Å². The molecule has 0 spiro atoms. The number of benzene rings is 2. The van der Waals surface area contributed by atoms with Gasteiger partial charge in [0.1, 0.15) is 17.3 Å². The summed E-state index contributed by atoms with van der Waals surface area (Å²) in [6, 6.07) is 13.2. The molecule has 26 heavy (non-hydrogen) atoms. The summed E-state index contributed by atoms with van der Waals surface area (Å²) < 4.78 is 6.32. The number of ether oxygens (including phenoxy) is 1. The molecule has 1 N–H and O–H groups in total. The van der Waals surface area contributed by atoms with Gasteiger partial charge in [0, 0.05) is 11.8 Å². The Labute approximate surface area is 150 Å². The van der Waals surface area contributed by atoms with Crippen molar-refractivity contribution in [2.45, 2.75) is 19.9 Å². The lowest BCUT2D eigenvalue weighted by molar-refractivity contribution is -0.120. The van der Waals surface area contributed by atoms with Gasteiger partial charge in [0.05, 0.1) is 12.5 Å². The number of aromatic nitrogens is 3. The molecular weight excluding hydrogens is 332 g/mol. The van der Waals surface area contributed by atoms with Gasteiger partial charge in [0.2, 0.25) is 5.91 Å². The normalized spacial score (nSPS) is 12.2. The minimum absolute atomic E-state index is 0.159. The van der Waals surface area contributed by atoms with Gasteiger partial charge in [-0.05, 0) is 30.2 Å². The molecule has 1 unspecified atom stereocenters. The van der Waals surface area contributed by atoms with Gasteiger partial charge in [0.15, 0.2) is 0 Å². The summed E-state index contributed by atoms with van der Waals surface area (Å²) in [5.74, 6) is 0.139. The average Bonchev–Trinajstić information content (AvgIpc) is 2.64. The Morgan fingerprint density at radius 2 is 1.92 bits per heavy atom. The Hall–Kier alpha value is -3.22. The highest BCUT2D eigenvalue weighted by molar-refractivity contribution is 5.94. The highest BCUT2D eigenvalue weighted by Gasteiger charge is 2.27. The Morgan fingerprint density at radius 1 is 1.15 bits per heavy atom. The van der Waals surface area contributed by atoms with Crippen LogP contribution in [0.4, 0.5) is 5.69 Å². The molecule has 1 atom stereocenters. The number of hydrogen-bond acceptors (Lipinski definition) is 5. The molecule has 0 fully saturated rings. The zero-order valence-corrected chi connectivity index (χ0v) is 14.8. The molecule has 0 bridgehead atoms. The van der Waals surface area contributed by atoms with Crippen LogP contribution in [0.3, 0.4) is 0 Å². The molecule has 0 aliphatic carbocycles. The van der Waals surface area contributed by atoms with Crippen molar-refractivity contribution in [3.8, 4) is 5.75 Å². The Bertz CT molecular complexity index is 997. The zero-order chi connectivity index (χ0) is 18.7. The van der Waals surface area contributed by atoms with Crippen molar-refractivity contribution in [3.63, 3.8) is 0 Å². The van der Waals surface area contributed by atoms with E-state index in [1.54, 1.807) is 55.6 Å². The summed E-state index contributed by atoms with van der Waals surface area (Å²) in [5.41, 5.74) is 0.751. The van der Waals surface area contributed by atoms with E-state index in [1.807, 2.05) is 13.8 Å². The minimum Gasteiger partial charge on any atom is -0.497 e. The monoisotopic (exact) mass is 352 g/mol. The van der Waals surface area contributed by atoms with E-state index in [9.17, 15) is 9.59 Å². The first-order valence-electron chi connectivity index (χ1n) is 8.30. The van der Waals surface area contributed by atoms with E-state index in [2.05, 4.69) is 15.6 Å². The molecule has 134 valence electrons. The average molecular weight is 352 g/mol. The SMILES string of the molecule is COc1cccc(NC(=O)C(C(C)C)n2nnc3ccccc3c2=O)c1. The Kier molecular flexibility index (Phi) is 4.97. The van der Waals surface area contributed by atoms with Gasteiger partial charge in [-0.15, -0.1) is 5.10 Å². The van der Waals surface area contributed by atoms with Crippen LogP contribution >= 0.6 is 0 Å². The number of methoxy groups -OCH3 is 1. The summed E-state index contributed by atoms with van der Waals surface area (Å²) in [7, 11) is 1.56. The van der Waals surface area contributed by atoms with Crippen molar-refractivity contribution in [2.24, 2.45) is 5.92 Å². The predicted octanol–water partition coefficient (Wildman–Crippen LogP) is 2.64. The molecule has 0 radical (unpaired) electrons. The first-order chi connectivity index (χ1) is 12.5. The molecule has 0 aliphatic heterocycles. The molecule has 0 saturated carbocycles. The summed E-state index contributed by atoms with van der Waals surface area (Å²) in [5, 5.41) is 11.3. The van der Waals surface area contributed by atoms with E-state index < -0.39 is 6.04 Å². The fourth-order valence-electron chi connectivity index (χ4n) is 2.80. The fraction of sp³-hybridized carbons (Fsp3) is 0.263. The maximum atomic E-state index is 12.9. The first kappa shape index (κ1) is 17.6. The number of nitrogens with zero attached hydrogens (tertiary/aromatic N) is 3. The Balaban J connectivity index is 1.98. The van der Waals surface area contributed by atoms with Gasteiger partial charge in [-0.1, -0.05) is 37.3 Å². The summed E-state index contributed by atoms with van der Waals surface area (Å²) in [6.45, 7) is 3.72. The van der Waals surface area contributed by atoms with Crippen LogP contribution in [0.25, 0.3) is 10.9 Å². The Morgan fingerprint density at radius 3 is 2.65 bits per heavy atom. The third-order valence-corrected chi connectivity index (χ3v) is 4.09. The van der Waals surface area contributed by atoms with E-state index in [4.69, 9.17) is 4.74 Å². The van der Waals surface area contributed by atoms with Gasteiger partial charge in [-0.2, -0.15) is 4.68 Å². The van der Waals surface area contributed by atoms with Gasteiger partial charge < -0.3 is 10.1 Å². The van der Waals surface area contributed by atoms with E-state index >= 15 is 0 Å². The number of rotatable bonds is 5. The third-order valence-electron chi connectivity index (χ3n) is 4.09. The molecule has 1 heterocycles. The molecule has 0 saturated heterocycles. The molecule has 3 aromatic rings. The molecule has 7 nitrogen and oxygen atoms in total. The number of hydrogen-bond donors (Lipinski definition) is 1. The summed E-state index contributed by atoms with van der Waals surface area (Å²) in [4.78, 5) is 25.7. The summed E-state index contributed by atoms with van der Waals surface area (Å²) in [6.07, 6.45) is 0. The zero-order valence-electron chi connectivity index (χ0n) is 14.8. The number of amides is 1. The lowest BCUT2D eigenvalue weighted by atomic mass is 10.0. The van der Waals surface area contributed by atoms with E-state index in [0.717, 1.165) is 4.68 Å². The standard InChI is InChI=1S/C19H20N4O3/c1-12(2)17(18(24)20-13-7-6-8-14(11-13)26-3)23-19(25)15-9-4-5-10-16(15)21-22-23/h4-12,17H,1-3H3,(H,20,24). The van der Waals surface area contributed by atoms with Crippen LogP contribution in [-0.2, 0) is 4.79 Å². The lowest BCUT2D eigenvalue weighted by Gasteiger charge is -2.21. The second-order valence-electron chi connectivity index (χ2n) is 6.27. The van der Waals surface area contributed by atoms with Crippen LogP contribution in [0.1, 0.15) is 19.9 Å². The number of fused-ring (bicyclic) bond motifs is 1. The van der Waals surface area contributed by atoms with Crippen molar-refractivity contribution in [1.82, 2.24) is 15.0 Å². The topological polar surface area (TPSA) is 86.1 Å². The molecule has 0 aliphatic rings. The van der Waals surface area contributed by atoms with Crippen molar-refractivity contribution in [2.75, 3.05) is 12.4 Å². The van der Waals surface area contributed by atoms with Gasteiger partial charge in [0.25, 0.3) is 5.56 Å². The van der Waals surface area contributed by atoms with E-state index in [1.165, 1.54) is 0 Å². The number of carbonyl (C=O) groups excluding carboxylic acids is 1. The quantitative estimate of drug-likeness (QED) is 0.763. The molecule has 1 aromatic heterocycles. The predicted molar refractivity (Wildman–Crippen MR) is 99.3 cm³/mol.